The van der Waals surface area contributed by atoms with Crippen LogP contribution in [0.4, 0.5) is 0 Å². The van der Waals surface area contributed by atoms with Gasteiger partial charge in [0, 0.05) is 35.2 Å². The van der Waals surface area contributed by atoms with Crippen LogP contribution in [0.2, 0.25) is 0 Å². The molecule has 1 aromatic carbocycles. The van der Waals surface area contributed by atoms with Gasteiger partial charge in [0.15, 0.2) is 0 Å². The van der Waals surface area contributed by atoms with Crippen molar-refractivity contribution in [2.24, 2.45) is 0 Å². The van der Waals surface area contributed by atoms with Gasteiger partial charge in [-0.1, -0.05) is 40.9 Å². The molecular formula is C17H25BrN2. The fourth-order valence-corrected chi connectivity index (χ4v) is 4.27. The van der Waals surface area contributed by atoms with Gasteiger partial charge in [-0.05, 0) is 44.4 Å². The first-order valence-corrected chi connectivity index (χ1v) is 8.53. The molecule has 1 spiro atoms. The molecule has 110 valence electrons. The Hall–Kier alpha value is -0.380. The Morgan fingerprint density at radius 1 is 1.25 bits per heavy atom. The second kappa shape index (κ2) is 5.43. The molecule has 0 amide bonds. The summed E-state index contributed by atoms with van der Waals surface area (Å²) in [4.78, 5) is 2.75. The van der Waals surface area contributed by atoms with Crippen LogP contribution in [0, 0.1) is 0 Å². The standard InChI is InChI=1S/C17H25BrN2/c1-16(2)13-20(11-14-6-5-7-15(18)10-14)17(12-19-16)8-3-4-9-17/h5-7,10,19H,3-4,8-9,11-13H2,1-2H3. The SMILES string of the molecule is CC1(C)CN(Cc2cccc(Br)c2)C2(CCCC2)CN1. The molecule has 0 unspecified atom stereocenters. The lowest BCUT2D eigenvalue weighted by Crippen LogP contribution is -2.66. The summed E-state index contributed by atoms with van der Waals surface area (Å²) in [7, 11) is 0. The first-order valence-electron chi connectivity index (χ1n) is 7.74. The van der Waals surface area contributed by atoms with Gasteiger partial charge in [0.1, 0.15) is 0 Å². The van der Waals surface area contributed by atoms with E-state index in [1.807, 2.05) is 0 Å². The van der Waals surface area contributed by atoms with E-state index < -0.39 is 0 Å². The molecule has 1 saturated carbocycles. The predicted molar refractivity (Wildman–Crippen MR) is 87.8 cm³/mol. The lowest BCUT2D eigenvalue weighted by molar-refractivity contribution is 0.0122. The number of hydrogen-bond acceptors (Lipinski definition) is 2. The number of nitrogens with one attached hydrogen (secondary N) is 1. The Labute approximate surface area is 131 Å². The number of rotatable bonds is 2. The van der Waals surface area contributed by atoms with Gasteiger partial charge in [-0.15, -0.1) is 0 Å². The Morgan fingerprint density at radius 2 is 2.00 bits per heavy atom. The summed E-state index contributed by atoms with van der Waals surface area (Å²) in [5, 5.41) is 3.77. The van der Waals surface area contributed by atoms with Crippen molar-refractivity contribution in [2.75, 3.05) is 13.1 Å². The van der Waals surface area contributed by atoms with Crippen molar-refractivity contribution in [3.05, 3.63) is 34.3 Å². The summed E-state index contributed by atoms with van der Waals surface area (Å²) in [6.07, 6.45) is 5.47. The third kappa shape index (κ3) is 2.95. The van der Waals surface area contributed by atoms with Crippen molar-refractivity contribution in [1.82, 2.24) is 10.2 Å². The van der Waals surface area contributed by atoms with E-state index in [0.29, 0.717) is 5.54 Å². The van der Waals surface area contributed by atoms with Crippen LogP contribution in [-0.2, 0) is 6.54 Å². The van der Waals surface area contributed by atoms with Crippen molar-refractivity contribution >= 4 is 15.9 Å². The third-order valence-electron chi connectivity index (χ3n) is 4.95. The normalized spacial score (nSPS) is 25.1. The molecule has 3 rings (SSSR count). The van der Waals surface area contributed by atoms with Gasteiger partial charge in [0.05, 0.1) is 0 Å². The van der Waals surface area contributed by atoms with Crippen molar-refractivity contribution in [1.29, 1.82) is 0 Å². The molecule has 20 heavy (non-hydrogen) atoms. The van der Waals surface area contributed by atoms with Crippen LogP contribution in [0.3, 0.4) is 0 Å². The zero-order chi connectivity index (χ0) is 14.2. The quantitative estimate of drug-likeness (QED) is 0.879. The van der Waals surface area contributed by atoms with Gasteiger partial charge in [0.2, 0.25) is 0 Å². The molecule has 0 aromatic heterocycles. The molecule has 2 aliphatic rings. The molecule has 2 fully saturated rings. The number of benzene rings is 1. The Kier molecular flexibility index (Phi) is 3.95. The number of hydrogen-bond donors (Lipinski definition) is 1. The summed E-state index contributed by atoms with van der Waals surface area (Å²) in [6, 6.07) is 8.77. The second-order valence-electron chi connectivity index (χ2n) is 7.15. The minimum absolute atomic E-state index is 0.222. The highest BCUT2D eigenvalue weighted by atomic mass is 79.9. The van der Waals surface area contributed by atoms with E-state index in [2.05, 4.69) is 64.3 Å². The molecule has 1 aromatic rings. The van der Waals surface area contributed by atoms with Crippen LogP contribution in [0.25, 0.3) is 0 Å². The van der Waals surface area contributed by atoms with Gasteiger partial charge in [0.25, 0.3) is 0 Å². The number of nitrogens with zero attached hydrogens (tertiary/aromatic N) is 1. The van der Waals surface area contributed by atoms with Crippen molar-refractivity contribution < 1.29 is 0 Å². The molecule has 1 heterocycles. The van der Waals surface area contributed by atoms with Crippen LogP contribution in [0.1, 0.15) is 45.1 Å². The minimum atomic E-state index is 0.222. The highest BCUT2D eigenvalue weighted by Crippen LogP contribution is 2.39. The molecule has 1 aliphatic carbocycles. The largest absolute Gasteiger partial charge is 0.309 e. The summed E-state index contributed by atoms with van der Waals surface area (Å²) >= 11 is 3.59. The summed E-state index contributed by atoms with van der Waals surface area (Å²) in [5.41, 5.74) is 2.04. The maximum absolute atomic E-state index is 3.77. The van der Waals surface area contributed by atoms with Crippen LogP contribution >= 0.6 is 15.9 Å². The zero-order valence-electron chi connectivity index (χ0n) is 12.6. The van der Waals surface area contributed by atoms with Gasteiger partial charge >= 0.3 is 0 Å². The minimum Gasteiger partial charge on any atom is -0.309 e. The van der Waals surface area contributed by atoms with Crippen LogP contribution < -0.4 is 5.32 Å². The van der Waals surface area contributed by atoms with E-state index in [-0.39, 0.29) is 5.54 Å². The molecule has 1 aliphatic heterocycles. The zero-order valence-corrected chi connectivity index (χ0v) is 14.2. The summed E-state index contributed by atoms with van der Waals surface area (Å²) in [5.74, 6) is 0. The summed E-state index contributed by atoms with van der Waals surface area (Å²) < 4.78 is 1.19. The highest BCUT2D eigenvalue weighted by molar-refractivity contribution is 9.10. The molecule has 0 atom stereocenters. The van der Waals surface area contributed by atoms with E-state index >= 15 is 0 Å². The monoisotopic (exact) mass is 336 g/mol. The van der Waals surface area contributed by atoms with Crippen LogP contribution in [0.15, 0.2) is 28.7 Å². The van der Waals surface area contributed by atoms with E-state index in [1.54, 1.807) is 0 Å². The lowest BCUT2D eigenvalue weighted by atomic mass is 9.86. The first kappa shape index (κ1) is 14.6. The van der Waals surface area contributed by atoms with Gasteiger partial charge < -0.3 is 5.32 Å². The molecule has 1 N–H and O–H groups in total. The van der Waals surface area contributed by atoms with Crippen molar-refractivity contribution in [2.45, 2.75) is 57.2 Å². The average Bonchev–Trinajstić information content (AvgIpc) is 2.84. The van der Waals surface area contributed by atoms with Crippen LogP contribution in [-0.4, -0.2) is 29.1 Å². The Balaban J connectivity index is 1.82. The molecule has 0 radical (unpaired) electrons. The maximum Gasteiger partial charge on any atom is 0.0338 e. The molecule has 1 saturated heterocycles. The van der Waals surface area contributed by atoms with E-state index in [0.717, 1.165) is 19.6 Å². The summed E-state index contributed by atoms with van der Waals surface area (Å²) in [6.45, 7) is 8.00. The molecule has 0 bridgehead atoms. The van der Waals surface area contributed by atoms with E-state index in [1.165, 1.54) is 35.7 Å². The number of halogens is 1. The van der Waals surface area contributed by atoms with Gasteiger partial charge in [-0.3, -0.25) is 4.90 Å². The van der Waals surface area contributed by atoms with Gasteiger partial charge in [-0.2, -0.15) is 0 Å². The number of piperazine rings is 1. The fourth-order valence-electron chi connectivity index (χ4n) is 3.82. The van der Waals surface area contributed by atoms with Gasteiger partial charge in [-0.25, -0.2) is 0 Å². The van der Waals surface area contributed by atoms with E-state index in [4.69, 9.17) is 0 Å². The Bertz CT molecular complexity index is 478. The topological polar surface area (TPSA) is 15.3 Å². The molecule has 2 nitrogen and oxygen atoms in total. The Morgan fingerprint density at radius 3 is 2.70 bits per heavy atom. The smallest absolute Gasteiger partial charge is 0.0338 e. The fraction of sp³-hybridized carbons (Fsp3) is 0.647. The van der Waals surface area contributed by atoms with Crippen LogP contribution in [0.5, 0.6) is 0 Å². The lowest BCUT2D eigenvalue weighted by Gasteiger charge is -2.51. The van der Waals surface area contributed by atoms with Crippen molar-refractivity contribution in [3.63, 3.8) is 0 Å². The first-order chi connectivity index (χ1) is 9.49. The maximum atomic E-state index is 3.77. The van der Waals surface area contributed by atoms with E-state index in [9.17, 15) is 0 Å². The predicted octanol–water partition coefficient (Wildman–Crippen LogP) is 3.95. The van der Waals surface area contributed by atoms with Crippen molar-refractivity contribution in [3.8, 4) is 0 Å². The third-order valence-corrected chi connectivity index (χ3v) is 5.44. The average molecular weight is 337 g/mol. The molecular weight excluding hydrogens is 312 g/mol. The second-order valence-corrected chi connectivity index (χ2v) is 8.07. The highest BCUT2D eigenvalue weighted by Gasteiger charge is 2.45. The molecule has 3 heteroatoms.